The third kappa shape index (κ3) is 4.06. The molecule has 1 saturated carbocycles. The molecule has 1 heterocycles. The van der Waals surface area contributed by atoms with Crippen molar-refractivity contribution in [1.29, 1.82) is 0 Å². The molecule has 32 heavy (non-hydrogen) atoms. The normalized spacial score (nSPS) is 19.8. The SMILES string of the molecule is CCOc1ccc([C@@H]2CC(=O)N2C2(C(=O)Nc3ccc(C)cc3)CCCCC2)cc1OC. The van der Waals surface area contributed by atoms with E-state index in [1.54, 1.807) is 7.11 Å². The third-order valence-corrected chi connectivity index (χ3v) is 6.69. The Morgan fingerprint density at radius 1 is 1.09 bits per heavy atom. The van der Waals surface area contributed by atoms with E-state index < -0.39 is 5.54 Å². The van der Waals surface area contributed by atoms with Crippen molar-refractivity contribution in [3.8, 4) is 11.5 Å². The second-order valence-corrected chi connectivity index (χ2v) is 8.74. The Morgan fingerprint density at radius 2 is 1.81 bits per heavy atom. The summed E-state index contributed by atoms with van der Waals surface area (Å²) in [6.07, 6.45) is 4.72. The molecule has 2 aliphatic rings. The number of hydrogen-bond donors (Lipinski definition) is 1. The summed E-state index contributed by atoms with van der Waals surface area (Å²) < 4.78 is 11.2. The molecule has 2 aromatic rings. The highest BCUT2D eigenvalue weighted by Crippen LogP contribution is 2.48. The number of ether oxygens (including phenoxy) is 2. The van der Waals surface area contributed by atoms with E-state index in [1.807, 2.05) is 61.2 Å². The van der Waals surface area contributed by atoms with Gasteiger partial charge in [0.15, 0.2) is 11.5 Å². The van der Waals surface area contributed by atoms with Gasteiger partial charge in [0.1, 0.15) is 5.54 Å². The molecule has 2 fully saturated rings. The van der Waals surface area contributed by atoms with Gasteiger partial charge in [-0.2, -0.15) is 0 Å². The molecule has 6 nitrogen and oxygen atoms in total. The van der Waals surface area contributed by atoms with E-state index >= 15 is 0 Å². The highest BCUT2D eigenvalue weighted by atomic mass is 16.5. The molecule has 1 N–H and O–H groups in total. The summed E-state index contributed by atoms with van der Waals surface area (Å²) in [5, 5.41) is 3.09. The van der Waals surface area contributed by atoms with Gasteiger partial charge in [0, 0.05) is 5.69 Å². The Morgan fingerprint density at radius 3 is 2.44 bits per heavy atom. The number of amides is 2. The molecule has 0 unspecified atom stereocenters. The number of β-lactam (4-membered cyclic amide) rings is 1. The molecule has 0 spiro atoms. The van der Waals surface area contributed by atoms with Gasteiger partial charge in [-0.15, -0.1) is 0 Å². The van der Waals surface area contributed by atoms with Crippen molar-refractivity contribution in [3.63, 3.8) is 0 Å². The Bertz CT molecular complexity index is 980. The largest absolute Gasteiger partial charge is 0.493 e. The lowest BCUT2D eigenvalue weighted by Gasteiger charge is -2.54. The lowest BCUT2D eigenvalue weighted by Crippen LogP contribution is -2.65. The van der Waals surface area contributed by atoms with Gasteiger partial charge in [-0.05, 0) is 56.5 Å². The smallest absolute Gasteiger partial charge is 0.250 e. The fourth-order valence-electron chi connectivity index (χ4n) is 4.98. The number of nitrogens with one attached hydrogen (secondary N) is 1. The molecular formula is C26H32N2O4. The summed E-state index contributed by atoms with van der Waals surface area (Å²) in [7, 11) is 1.61. The number of nitrogens with zero attached hydrogens (tertiary/aromatic N) is 1. The zero-order chi connectivity index (χ0) is 22.7. The van der Waals surface area contributed by atoms with Crippen LogP contribution in [-0.4, -0.2) is 36.0 Å². The fourth-order valence-corrected chi connectivity index (χ4v) is 4.98. The molecule has 1 atom stereocenters. The quantitative estimate of drug-likeness (QED) is 0.619. The van der Waals surface area contributed by atoms with E-state index in [-0.39, 0.29) is 17.9 Å². The molecule has 1 saturated heterocycles. The molecule has 6 heteroatoms. The first-order valence-electron chi connectivity index (χ1n) is 11.5. The lowest BCUT2D eigenvalue weighted by atomic mass is 9.74. The highest BCUT2D eigenvalue weighted by Gasteiger charge is 2.54. The summed E-state index contributed by atoms with van der Waals surface area (Å²) in [5.74, 6) is 1.27. The zero-order valence-electron chi connectivity index (χ0n) is 19.1. The van der Waals surface area contributed by atoms with Crippen molar-refractivity contribution in [2.24, 2.45) is 0 Å². The standard InChI is InChI=1S/C26H32N2O4/c1-4-32-22-13-10-19(16-23(22)31-3)21-17-24(29)28(21)26(14-6-5-7-15-26)25(30)27-20-11-8-18(2)9-12-20/h8-13,16,21H,4-7,14-15,17H2,1-3H3,(H,27,30)/t21-/m0/s1. The van der Waals surface area contributed by atoms with Crippen molar-refractivity contribution >= 4 is 17.5 Å². The number of aryl methyl sites for hydroxylation is 1. The van der Waals surface area contributed by atoms with Crippen molar-refractivity contribution < 1.29 is 19.1 Å². The average Bonchev–Trinajstić information content (AvgIpc) is 2.80. The van der Waals surface area contributed by atoms with Crippen LogP contribution in [0.25, 0.3) is 0 Å². The summed E-state index contributed by atoms with van der Waals surface area (Å²) in [6, 6.07) is 13.4. The van der Waals surface area contributed by atoms with Crippen LogP contribution in [0.2, 0.25) is 0 Å². The van der Waals surface area contributed by atoms with Gasteiger partial charge in [0.05, 0.1) is 26.2 Å². The molecule has 0 aromatic heterocycles. The number of carbonyl (C=O) groups excluding carboxylic acids is 2. The van der Waals surface area contributed by atoms with E-state index in [4.69, 9.17) is 9.47 Å². The number of likely N-dealkylation sites (tertiary alicyclic amines) is 1. The van der Waals surface area contributed by atoms with E-state index in [1.165, 1.54) is 0 Å². The van der Waals surface area contributed by atoms with Gasteiger partial charge in [-0.25, -0.2) is 0 Å². The third-order valence-electron chi connectivity index (χ3n) is 6.69. The summed E-state index contributed by atoms with van der Waals surface area (Å²) in [5.41, 5.74) is 2.04. The van der Waals surface area contributed by atoms with E-state index in [2.05, 4.69) is 5.32 Å². The molecule has 4 rings (SSSR count). The number of carbonyl (C=O) groups is 2. The monoisotopic (exact) mass is 436 g/mol. The minimum atomic E-state index is -0.824. The minimum absolute atomic E-state index is 0.0313. The molecular weight excluding hydrogens is 404 g/mol. The van der Waals surface area contributed by atoms with Crippen LogP contribution in [-0.2, 0) is 9.59 Å². The topological polar surface area (TPSA) is 67.9 Å². The summed E-state index contributed by atoms with van der Waals surface area (Å²) >= 11 is 0. The van der Waals surface area contributed by atoms with Gasteiger partial charge in [-0.3, -0.25) is 9.59 Å². The molecule has 1 aliphatic heterocycles. The molecule has 0 radical (unpaired) electrons. The van der Waals surface area contributed by atoms with Crippen molar-refractivity contribution in [1.82, 2.24) is 4.90 Å². The van der Waals surface area contributed by atoms with Crippen LogP contribution in [0.5, 0.6) is 11.5 Å². The highest BCUT2D eigenvalue weighted by molar-refractivity contribution is 6.02. The van der Waals surface area contributed by atoms with Crippen LogP contribution in [0.4, 0.5) is 5.69 Å². The first-order valence-corrected chi connectivity index (χ1v) is 11.5. The Hall–Kier alpha value is -3.02. The fraction of sp³-hybridized carbons (Fsp3) is 0.462. The van der Waals surface area contributed by atoms with Crippen LogP contribution < -0.4 is 14.8 Å². The Labute approximate surface area is 189 Å². The van der Waals surface area contributed by atoms with Crippen molar-refractivity contribution in [3.05, 3.63) is 53.6 Å². The second kappa shape index (κ2) is 9.23. The van der Waals surface area contributed by atoms with Crippen LogP contribution >= 0.6 is 0 Å². The predicted molar refractivity (Wildman–Crippen MR) is 124 cm³/mol. The van der Waals surface area contributed by atoms with Crippen molar-refractivity contribution in [2.45, 2.75) is 64.0 Å². The number of anilines is 1. The van der Waals surface area contributed by atoms with Gasteiger partial charge in [0.25, 0.3) is 0 Å². The molecule has 2 aromatic carbocycles. The maximum absolute atomic E-state index is 13.6. The number of hydrogen-bond acceptors (Lipinski definition) is 4. The second-order valence-electron chi connectivity index (χ2n) is 8.74. The molecule has 2 amide bonds. The first-order chi connectivity index (χ1) is 15.5. The maximum atomic E-state index is 13.6. The first kappa shape index (κ1) is 22.2. The van der Waals surface area contributed by atoms with Crippen LogP contribution in [0, 0.1) is 6.92 Å². The summed E-state index contributed by atoms with van der Waals surface area (Å²) in [4.78, 5) is 28.4. The van der Waals surface area contributed by atoms with Crippen LogP contribution in [0.15, 0.2) is 42.5 Å². The lowest BCUT2D eigenvalue weighted by molar-refractivity contribution is -0.166. The van der Waals surface area contributed by atoms with E-state index in [9.17, 15) is 9.59 Å². The summed E-state index contributed by atoms with van der Waals surface area (Å²) in [6.45, 7) is 4.49. The molecule has 1 aliphatic carbocycles. The Kier molecular flexibility index (Phi) is 6.40. The van der Waals surface area contributed by atoms with E-state index in [0.717, 1.165) is 36.1 Å². The number of rotatable bonds is 7. The van der Waals surface area contributed by atoms with Crippen LogP contribution in [0.3, 0.4) is 0 Å². The molecule has 170 valence electrons. The minimum Gasteiger partial charge on any atom is -0.493 e. The van der Waals surface area contributed by atoms with Gasteiger partial charge in [-0.1, -0.05) is 43.0 Å². The number of benzene rings is 2. The van der Waals surface area contributed by atoms with E-state index in [0.29, 0.717) is 37.4 Å². The van der Waals surface area contributed by atoms with Gasteiger partial charge >= 0.3 is 0 Å². The number of methoxy groups -OCH3 is 1. The maximum Gasteiger partial charge on any atom is 0.250 e. The zero-order valence-corrected chi connectivity index (χ0v) is 19.1. The van der Waals surface area contributed by atoms with Crippen LogP contribution in [0.1, 0.15) is 62.6 Å². The van der Waals surface area contributed by atoms with Gasteiger partial charge < -0.3 is 19.7 Å². The van der Waals surface area contributed by atoms with Gasteiger partial charge in [0.2, 0.25) is 11.8 Å². The molecule has 0 bridgehead atoms. The predicted octanol–water partition coefficient (Wildman–Crippen LogP) is 5.02. The Balaban J connectivity index is 1.64. The van der Waals surface area contributed by atoms with Crippen molar-refractivity contribution in [2.75, 3.05) is 19.0 Å². The average molecular weight is 437 g/mol.